The third kappa shape index (κ3) is 22.8. The van der Waals surface area contributed by atoms with Crippen LogP contribution < -0.4 is 0 Å². The van der Waals surface area contributed by atoms with E-state index in [1.54, 1.807) is 34.8 Å². The Bertz CT molecular complexity index is 4000. The number of carbonyl (C=O) groups excluding carboxylic acids is 9. The van der Waals surface area contributed by atoms with Crippen LogP contribution in [0.25, 0.3) is 0 Å². The van der Waals surface area contributed by atoms with Gasteiger partial charge < -0.3 is 61.9 Å². The molecule has 22 nitrogen and oxygen atoms in total. The number of hydrogen-bond donors (Lipinski definition) is 1. The molecule has 7 unspecified atom stereocenters. The normalized spacial score (nSPS) is 36.3. The highest BCUT2D eigenvalue weighted by atomic mass is 19.4. The third-order valence-electron chi connectivity index (χ3n) is 33.5. The zero-order valence-electron chi connectivity index (χ0n) is 81.9. The quantitative estimate of drug-likeness (QED) is 0.0384. The highest BCUT2D eigenvalue weighted by Gasteiger charge is 2.74. The number of hydrogen-bond acceptors (Lipinski definition) is 22. The fourth-order valence-electron chi connectivity index (χ4n) is 26.7. The zero-order chi connectivity index (χ0) is 98.3. The minimum Gasteiger partial charge on any atom is -0.465 e. The smallest absolute Gasteiger partial charge is 0.465 e. The van der Waals surface area contributed by atoms with Crippen molar-refractivity contribution in [3.8, 4) is 0 Å². The first-order valence-corrected chi connectivity index (χ1v) is 48.7. The highest BCUT2D eigenvalue weighted by molar-refractivity contribution is 5.87. The van der Waals surface area contributed by atoms with Crippen LogP contribution in [0.15, 0.2) is 0 Å². The Morgan fingerprint density at radius 2 is 0.689 bits per heavy atom. The molecule has 20 rings (SSSR count). The van der Waals surface area contributed by atoms with Crippen LogP contribution in [0, 0.1) is 155 Å². The fraction of sp³-hybridized carbons (Fsp3) is 0.910. The lowest BCUT2D eigenvalue weighted by Crippen LogP contribution is -2.64. The fourth-order valence-corrected chi connectivity index (χ4v) is 26.7. The van der Waals surface area contributed by atoms with Crippen molar-refractivity contribution in [1.82, 2.24) is 0 Å². The molecule has 32 heteroatoms. The van der Waals surface area contributed by atoms with Crippen molar-refractivity contribution in [2.75, 3.05) is 60.0 Å². The summed E-state index contributed by atoms with van der Waals surface area (Å²) in [4.78, 5) is 112. The molecule has 1 N–H and O–H groups in total. The number of ether oxygens (including phenoxy) is 12. The summed E-state index contributed by atoms with van der Waals surface area (Å²) < 4.78 is 203. The van der Waals surface area contributed by atoms with E-state index in [1.807, 2.05) is 41.5 Å². The molecule has 132 heavy (non-hydrogen) atoms. The Kier molecular flexibility index (Phi) is 31.2. The Balaban J connectivity index is 0.000000161. The van der Waals surface area contributed by atoms with Crippen molar-refractivity contribution in [1.29, 1.82) is 0 Å². The van der Waals surface area contributed by atoms with Gasteiger partial charge in [-0.1, -0.05) is 55.4 Å². The molecule has 0 aliphatic heterocycles. The molecule has 754 valence electrons. The third-order valence-corrected chi connectivity index (χ3v) is 33.5. The van der Waals surface area contributed by atoms with Crippen LogP contribution in [0.4, 0.5) is 43.9 Å². The molecule has 0 aromatic heterocycles. The molecule has 0 spiro atoms. The first-order valence-electron chi connectivity index (χ1n) is 48.7. The van der Waals surface area contributed by atoms with Gasteiger partial charge in [-0.25, -0.2) is 31.9 Å². The van der Waals surface area contributed by atoms with Crippen LogP contribution in [0.5, 0.6) is 0 Å². The number of alkyl halides is 10. The second-order valence-corrected chi connectivity index (χ2v) is 49.0. The number of rotatable bonds is 25. The van der Waals surface area contributed by atoms with E-state index in [-0.39, 0.29) is 101 Å². The number of esters is 9. The van der Waals surface area contributed by atoms with E-state index in [2.05, 4.69) is 32.8 Å². The summed E-state index contributed by atoms with van der Waals surface area (Å²) in [5, 5.41) is 10.8. The van der Waals surface area contributed by atoms with E-state index in [9.17, 15) is 92.2 Å². The van der Waals surface area contributed by atoms with Crippen molar-refractivity contribution in [2.24, 2.45) is 155 Å². The molecule has 20 saturated carbocycles. The predicted octanol–water partition coefficient (Wildman–Crippen LogP) is 20.8. The Morgan fingerprint density at radius 1 is 0.371 bits per heavy atom. The maximum atomic E-state index is 14.5. The number of halogens is 10. The van der Waals surface area contributed by atoms with Crippen molar-refractivity contribution >= 4 is 53.7 Å². The summed E-state index contributed by atoms with van der Waals surface area (Å²) in [6.45, 7) is 29.1. The van der Waals surface area contributed by atoms with E-state index in [0.29, 0.717) is 87.4 Å². The van der Waals surface area contributed by atoms with Gasteiger partial charge in [0, 0.05) is 28.8 Å². The monoisotopic (exact) mass is 1900 g/mol. The second-order valence-electron chi connectivity index (χ2n) is 49.0. The van der Waals surface area contributed by atoms with Gasteiger partial charge in [0.15, 0.2) is 12.9 Å². The summed E-state index contributed by atoms with van der Waals surface area (Å²) in [7, 11) is 1.55. The van der Waals surface area contributed by atoms with E-state index in [0.717, 1.165) is 135 Å². The minimum atomic E-state index is -5.69. The van der Waals surface area contributed by atoms with Gasteiger partial charge in [-0.3, -0.25) is 28.8 Å². The first-order chi connectivity index (χ1) is 60.6. The van der Waals surface area contributed by atoms with E-state index in [4.69, 9.17) is 37.9 Å². The summed E-state index contributed by atoms with van der Waals surface area (Å²) in [6, 6.07) is 0. The first kappa shape index (κ1) is 107. The highest BCUT2D eigenvalue weighted by Crippen LogP contribution is 2.68. The number of carbonyl (C=O) groups is 9. The van der Waals surface area contributed by atoms with Crippen LogP contribution in [-0.2, 0) is 100.0 Å². The molecule has 7 atom stereocenters. The average molecular weight is 1900 g/mol. The van der Waals surface area contributed by atoms with Crippen molar-refractivity contribution < 1.29 is 149 Å². The van der Waals surface area contributed by atoms with Gasteiger partial charge in [-0.2, -0.15) is 26.3 Å². The van der Waals surface area contributed by atoms with Crippen molar-refractivity contribution in [2.45, 2.75) is 359 Å². The minimum absolute atomic E-state index is 0.0393. The van der Waals surface area contributed by atoms with E-state index < -0.39 is 136 Å². The van der Waals surface area contributed by atoms with Crippen LogP contribution >= 0.6 is 0 Å². The summed E-state index contributed by atoms with van der Waals surface area (Å²) >= 11 is 0. The molecule has 0 heterocycles. The lowest BCUT2D eigenvalue weighted by molar-refractivity contribution is -0.370. The van der Waals surface area contributed by atoms with Crippen molar-refractivity contribution in [3.63, 3.8) is 0 Å². The van der Waals surface area contributed by atoms with Crippen LogP contribution in [0.3, 0.4) is 0 Å². The average Bonchev–Trinajstić information content (AvgIpc) is 0.710. The molecule has 20 fully saturated rings. The maximum absolute atomic E-state index is 14.5. The van der Waals surface area contributed by atoms with Crippen molar-refractivity contribution in [3.05, 3.63) is 0 Å². The second kappa shape index (κ2) is 38.5. The van der Waals surface area contributed by atoms with Gasteiger partial charge >= 0.3 is 77.7 Å². The molecule has 20 bridgehead atoms. The van der Waals surface area contributed by atoms with E-state index >= 15 is 0 Å². The van der Waals surface area contributed by atoms with Gasteiger partial charge in [-0.05, 0) is 357 Å². The van der Waals surface area contributed by atoms with Gasteiger partial charge in [0.1, 0.15) is 13.2 Å². The molecule has 0 saturated heterocycles. The molecule has 0 aromatic carbocycles. The predicted molar refractivity (Wildman–Crippen MR) is 461 cm³/mol. The molecule has 20 aliphatic carbocycles. The van der Waals surface area contributed by atoms with Gasteiger partial charge in [0.2, 0.25) is 0 Å². The zero-order valence-corrected chi connectivity index (χ0v) is 81.9. The lowest BCUT2D eigenvalue weighted by Gasteiger charge is -2.59. The summed E-state index contributed by atoms with van der Waals surface area (Å²) in [5.41, 5.74) is -8.75. The SMILES string of the molecule is CC(C)(C)C(=O)OCC(=O)OCC1(C)C2CC3CC(C2)CC1C3.CC(C)(C)C(=O)OCC1(C)C2CC3CC(C2)CC1C3.CCOC(=O)C(OCC(F)(F)C(C)(C)C)(OC(=O)C12CC3CC(CC(C3)C1)C2)C(F)(F)F.CCOC(=O)C(OCC(F)(F)C(C)(C)C)(OC(=O)C12CC3CC(CC(O)(C3)C1)C2)C(F)(F)F.COC(C)OC(=O)C12CC3CC(C1)C(COC(=O)C(C)(C)C)C(C3)C2. The molecule has 0 aromatic rings. The van der Waals surface area contributed by atoms with Crippen LogP contribution in [0.2, 0.25) is 0 Å². The van der Waals surface area contributed by atoms with Gasteiger partial charge in [0.05, 0.1) is 71.1 Å². The van der Waals surface area contributed by atoms with Gasteiger partial charge in [0.25, 0.3) is 11.8 Å². The molecule has 0 radical (unpaired) electrons. The molecule has 20 aliphatic rings. The maximum Gasteiger partial charge on any atom is 0.468 e. The molecular formula is C100H152F10O22. The topological polar surface area (TPSA) is 285 Å². The Hall–Kier alpha value is -5.63. The standard InChI is InChI=1S/C22H31F5O6.C22H31F5O5.C20H32O5.C19H30O4.C17H28O2/c1-5-31-16(29)21(22(25,26)27,32-12-20(23,24)17(2,3)4)33-15(28)18-7-13-6-14(8-18)10-19(30,9-13)11-18;1-5-30-17(29)21(22(25,26)27,31-12-20(23,24)18(2,3)4)32-16(28)19-9-13-6-14(10-19)8-15(7-13)11-19;1-12(23-5)25-18(22)20-8-13-6-14(9-20)16(15(7-13)10-20)11-24-17(21)19(2,3)4;1-18(2,3)17(21)22-10-16(20)23-11-19(4)14-6-12-5-13(8-14)9-15(19)7-12;1-16(2,3)15(18)19-10-17(4)13-6-11-5-12(8-13)9-14(17)7-11/h13-14,30H,5-12H2,1-4H3;13-15H,5-12H2,1-4H3;12-16H,6-11H2,1-5H3;12-15H,5-11H2,1-4H3;11-14H,5-10H2,1-4H3. The molecule has 0 amide bonds. The largest absolute Gasteiger partial charge is 0.468 e. The van der Waals surface area contributed by atoms with Gasteiger partial charge in [-0.15, -0.1) is 0 Å². The number of aliphatic hydroxyl groups is 1. The summed E-state index contributed by atoms with van der Waals surface area (Å²) in [5.74, 6) is -14.8. The summed E-state index contributed by atoms with van der Waals surface area (Å²) in [6.07, 6.45) is 12.6. The lowest BCUT2D eigenvalue weighted by atomic mass is 9.46. The Morgan fingerprint density at radius 3 is 1.03 bits per heavy atom. The molecular weight excluding hydrogens is 1740 g/mol. The Labute approximate surface area is 773 Å². The van der Waals surface area contributed by atoms with Crippen LogP contribution in [0.1, 0.15) is 312 Å². The number of methoxy groups -OCH3 is 1. The van der Waals surface area contributed by atoms with E-state index in [1.165, 1.54) is 78.1 Å². The van der Waals surface area contributed by atoms with Crippen LogP contribution in [-0.4, -0.2) is 166 Å².